The minimum atomic E-state index is -0.353. The highest BCUT2D eigenvalue weighted by Crippen LogP contribution is 2.16. The Morgan fingerprint density at radius 2 is 1.88 bits per heavy atom. The van der Waals surface area contributed by atoms with Gasteiger partial charge in [0.2, 0.25) is 0 Å². The molecule has 1 aromatic rings. The lowest BCUT2D eigenvalue weighted by molar-refractivity contribution is -0.160. The molecule has 1 fully saturated rings. The number of aliphatic hydroxyl groups excluding tert-OH is 1. The van der Waals surface area contributed by atoms with Gasteiger partial charge in [-0.2, -0.15) is 0 Å². The largest absolute Gasteiger partial charge is 0.460 e. The van der Waals surface area contributed by atoms with Crippen molar-refractivity contribution < 1.29 is 19.4 Å². The first-order valence-electron chi connectivity index (χ1n) is 12.9. The fraction of sp³-hybridized carbons (Fsp3) is 0.750. The van der Waals surface area contributed by atoms with Crippen LogP contribution in [-0.4, -0.2) is 43.0 Å². The Labute approximate surface area is 203 Å². The summed E-state index contributed by atoms with van der Waals surface area (Å²) in [5, 5.41) is 11.3. The Kier molecular flexibility index (Phi) is 19.1. The maximum absolute atomic E-state index is 11.6. The third kappa shape index (κ3) is 19.7. The van der Waals surface area contributed by atoms with Gasteiger partial charge in [0.05, 0.1) is 12.5 Å². The third-order valence-electron chi connectivity index (χ3n) is 5.34. The Balaban J connectivity index is 0.000000520. The standard InChI is InChI=1S/C14H22O.C10H19NO2.C4H10O/c1-3-13(2)8-7-11-15-12-14-9-5-4-6-10-14;1-10(2,3)13-9(12)8-5-4-6-11-7-8;1-2-3-4-5/h4-6,9-10,13H,3,7-8,11-12H2,1-2H3;8,11H,4-7H2,1-3H3;5H,2-4H2,1H3. The van der Waals surface area contributed by atoms with Crippen molar-refractivity contribution in [2.24, 2.45) is 11.8 Å². The van der Waals surface area contributed by atoms with Crippen LogP contribution < -0.4 is 5.32 Å². The summed E-state index contributed by atoms with van der Waals surface area (Å²) in [7, 11) is 0. The molecule has 0 saturated carbocycles. The highest BCUT2D eigenvalue weighted by atomic mass is 16.6. The number of carbonyl (C=O) groups excluding carboxylic acids is 1. The summed E-state index contributed by atoms with van der Waals surface area (Å²) in [6.07, 6.45) is 7.81. The normalized spacial score (nSPS) is 16.5. The first-order valence-corrected chi connectivity index (χ1v) is 12.9. The van der Waals surface area contributed by atoms with Crippen molar-refractivity contribution in [1.82, 2.24) is 5.32 Å². The van der Waals surface area contributed by atoms with Crippen molar-refractivity contribution in [2.75, 3.05) is 26.3 Å². The quantitative estimate of drug-likeness (QED) is 0.321. The van der Waals surface area contributed by atoms with Gasteiger partial charge >= 0.3 is 5.97 Å². The fourth-order valence-electron chi connectivity index (χ4n) is 3.10. The van der Waals surface area contributed by atoms with E-state index in [-0.39, 0.29) is 17.5 Å². The molecule has 2 rings (SSSR count). The second-order valence-corrected chi connectivity index (χ2v) is 9.85. The molecule has 5 heteroatoms. The van der Waals surface area contributed by atoms with E-state index in [2.05, 4.69) is 50.4 Å². The molecule has 0 amide bonds. The zero-order chi connectivity index (χ0) is 25.0. The number of piperidine rings is 1. The Hall–Kier alpha value is -1.43. The van der Waals surface area contributed by atoms with Crippen molar-refractivity contribution in [3.05, 3.63) is 35.9 Å². The van der Waals surface area contributed by atoms with E-state index in [1.807, 2.05) is 26.8 Å². The molecule has 5 nitrogen and oxygen atoms in total. The molecule has 2 atom stereocenters. The number of aliphatic hydroxyl groups is 1. The minimum absolute atomic E-state index is 0.0558. The van der Waals surface area contributed by atoms with Crippen LogP contribution in [0.15, 0.2) is 30.3 Å². The maximum atomic E-state index is 11.6. The van der Waals surface area contributed by atoms with Crippen LogP contribution in [0.2, 0.25) is 0 Å². The van der Waals surface area contributed by atoms with Crippen LogP contribution in [0.1, 0.15) is 92.1 Å². The molecule has 2 N–H and O–H groups in total. The second kappa shape index (κ2) is 20.0. The summed E-state index contributed by atoms with van der Waals surface area (Å²) in [6, 6.07) is 10.4. The number of benzene rings is 1. The summed E-state index contributed by atoms with van der Waals surface area (Å²) < 4.78 is 10.9. The molecule has 0 aromatic heterocycles. The zero-order valence-electron chi connectivity index (χ0n) is 22.2. The first-order chi connectivity index (χ1) is 15.7. The SMILES string of the molecule is CC(C)(C)OC(=O)C1CCCNC1.CCC(C)CCCOCc1ccccc1.CCCCO. The van der Waals surface area contributed by atoms with Crippen LogP contribution in [0.25, 0.3) is 0 Å². The number of esters is 1. The number of nitrogens with one attached hydrogen (secondary N) is 1. The lowest BCUT2D eigenvalue weighted by Gasteiger charge is -2.26. The van der Waals surface area contributed by atoms with E-state index in [0.29, 0.717) is 6.61 Å². The van der Waals surface area contributed by atoms with Crippen LogP contribution in [-0.2, 0) is 20.9 Å². The Morgan fingerprint density at radius 1 is 1.18 bits per heavy atom. The predicted molar refractivity (Wildman–Crippen MR) is 138 cm³/mol. The lowest BCUT2D eigenvalue weighted by Crippen LogP contribution is -2.38. The molecule has 1 aliphatic heterocycles. The van der Waals surface area contributed by atoms with E-state index >= 15 is 0 Å². The molecular formula is C28H51NO4. The summed E-state index contributed by atoms with van der Waals surface area (Å²) in [6.45, 7) is 16.1. The van der Waals surface area contributed by atoms with Gasteiger partial charge in [0, 0.05) is 19.8 Å². The Bertz CT molecular complexity index is 563. The summed E-state index contributed by atoms with van der Waals surface area (Å²) >= 11 is 0. The summed E-state index contributed by atoms with van der Waals surface area (Å²) in [5.41, 5.74) is 0.912. The topological polar surface area (TPSA) is 67.8 Å². The molecule has 1 saturated heterocycles. The van der Waals surface area contributed by atoms with Crippen LogP contribution in [0, 0.1) is 11.8 Å². The Morgan fingerprint density at radius 3 is 2.36 bits per heavy atom. The number of hydrogen-bond acceptors (Lipinski definition) is 5. The van der Waals surface area contributed by atoms with Gasteiger partial charge in [0.15, 0.2) is 0 Å². The van der Waals surface area contributed by atoms with Gasteiger partial charge in [-0.05, 0) is 70.9 Å². The molecule has 1 aromatic carbocycles. The van der Waals surface area contributed by atoms with Gasteiger partial charge in [-0.1, -0.05) is 63.9 Å². The van der Waals surface area contributed by atoms with E-state index in [4.69, 9.17) is 14.6 Å². The number of carbonyl (C=O) groups is 1. The first kappa shape index (κ1) is 31.6. The predicted octanol–water partition coefficient (Wildman–Crippen LogP) is 6.14. The summed E-state index contributed by atoms with van der Waals surface area (Å²) in [4.78, 5) is 11.6. The van der Waals surface area contributed by atoms with Crippen molar-refractivity contribution in [3.8, 4) is 0 Å². The molecule has 0 spiro atoms. The van der Waals surface area contributed by atoms with Gasteiger partial charge in [0.1, 0.15) is 5.60 Å². The van der Waals surface area contributed by atoms with E-state index in [0.717, 1.165) is 57.9 Å². The fourth-order valence-corrected chi connectivity index (χ4v) is 3.10. The molecule has 192 valence electrons. The van der Waals surface area contributed by atoms with Crippen LogP contribution in [0.3, 0.4) is 0 Å². The number of rotatable bonds is 10. The van der Waals surface area contributed by atoms with Crippen LogP contribution in [0.5, 0.6) is 0 Å². The minimum Gasteiger partial charge on any atom is -0.460 e. The van der Waals surface area contributed by atoms with Gasteiger partial charge in [-0.15, -0.1) is 0 Å². The van der Waals surface area contributed by atoms with Crippen LogP contribution in [0.4, 0.5) is 0 Å². The highest BCUT2D eigenvalue weighted by Gasteiger charge is 2.26. The van der Waals surface area contributed by atoms with Crippen molar-refractivity contribution in [3.63, 3.8) is 0 Å². The number of unbranched alkanes of at least 4 members (excludes halogenated alkanes) is 1. The van der Waals surface area contributed by atoms with Crippen molar-refractivity contribution in [1.29, 1.82) is 0 Å². The lowest BCUT2D eigenvalue weighted by atomic mass is 10.00. The van der Waals surface area contributed by atoms with Crippen molar-refractivity contribution in [2.45, 2.75) is 98.7 Å². The molecule has 0 radical (unpaired) electrons. The van der Waals surface area contributed by atoms with E-state index in [1.165, 1.54) is 24.8 Å². The highest BCUT2D eigenvalue weighted by molar-refractivity contribution is 5.73. The molecular weight excluding hydrogens is 414 g/mol. The van der Waals surface area contributed by atoms with E-state index in [9.17, 15) is 4.79 Å². The molecule has 33 heavy (non-hydrogen) atoms. The average molecular weight is 466 g/mol. The molecule has 0 aliphatic carbocycles. The smallest absolute Gasteiger partial charge is 0.310 e. The van der Waals surface area contributed by atoms with Gasteiger partial charge in [-0.3, -0.25) is 4.79 Å². The molecule has 2 unspecified atom stereocenters. The van der Waals surface area contributed by atoms with Crippen molar-refractivity contribution >= 4 is 5.97 Å². The summed E-state index contributed by atoms with van der Waals surface area (Å²) in [5.74, 6) is 0.845. The third-order valence-corrected chi connectivity index (χ3v) is 5.34. The van der Waals surface area contributed by atoms with E-state index in [1.54, 1.807) is 0 Å². The van der Waals surface area contributed by atoms with Gasteiger partial charge in [0.25, 0.3) is 0 Å². The second-order valence-electron chi connectivity index (χ2n) is 9.85. The number of hydrogen-bond donors (Lipinski definition) is 2. The number of ether oxygens (including phenoxy) is 2. The monoisotopic (exact) mass is 465 g/mol. The molecule has 0 bridgehead atoms. The molecule has 1 aliphatic rings. The van der Waals surface area contributed by atoms with E-state index < -0.39 is 0 Å². The average Bonchev–Trinajstić information content (AvgIpc) is 2.80. The van der Waals surface area contributed by atoms with Gasteiger partial charge < -0.3 is 19.9 Å². The van der Waals surface area contributed by atoms with Gasteiger partial charge in [-0.25, -0.2) is 0 Å². The zero-order valence-corrected chi connectivity index (χ0v) is 22.2. The van der Waals surface area contributed by atoms with Crippen LogP contribution >= 0.6 is 0 Å². The maximum Gasteiger partial charge on any atom is 0.310 e. The molecule has 1 heterocycles.